The molecule has 3 rings (SSSR count). The number of nitrogens with zero attached hydrogens (tertiary/aromatic N) is 3. The van der Waals surface area contributed by atoms with E-state index in [9.17, 15) is 4.79 Å². The molecule has 0 aliphatic carbocycles. The predicted octanol–water partition coefficient (Wildman–Crippen LogP) is 3.35. The highest BCUT2D eigenvalue weighted by Gasteiger charge is 2.36. The van der Waals surface area contributed by atoms with Gasteiger partial charge < -0.3 is 14.4 Å². The number of aryl methyl sites for hydroxylation is 1. The Hall–Kier alpha value is -2.24. The first kappa shape index (κ1) is 16.6. The van der Waals surface area contributed by atoms with Crippen molar-refractivity contribution in [3.8, 4) is 5.75 Å². The first-order chi connectivity index (χ1) is 11.2. The molecule has 0 radical (unpaired) electrons. The molecule has 1 aliphatic rings. The largest absolute Gasteiger partial charge is 0.486 e. The molecule has 0 bridgehead atoms. The number of likely N-dealkylation sites (tertiary alicyclic amines) is 1. The lowest BCUT2D eigenvalue weighted by atomic mass is 10.2. The summed E-state index contributed by atoms with van der Waals surface area (Å²) in [6, 6.07) is 5.99. The zero-order valence-corrected chi connectivity index (χ0v) is 14.9. The molecule has 2 heterocycles. The monoisotopic (exact) mass is 331 g/mol. The number of carbonyl (C=O) groups excluding carboxylic acids is 1. The first-order valence-corrected chi connectivity index (χ1v) is 8.31. The molecule has 1 amide bonds. The van der Waals surface area contributed by atoms with Gasteiger partial charge >= 0.3 is 6.09 Å². The van der Waals surface area contributed by atoms with Crippen LogP contribution in [0.4, 0.5) is 4.79 Å². The molecule has 0 saturated carbocycles. The van der Waals surface area contributed by atoms with Crippen LogP contribution in [0.25, 0.3) is 10.9 Å². The van der Waals surface area contributed by atoms with E-state index in [1.165, 1.54) is 0 Å². The Kier molecular flexibility index (Phi) is 4.15. The van der Waals surface area contributed by atoms with Crippen molar-refractivity contribution in [2.24, 2.45) is 7.05 Å². The van der Waals surface area contributed by atoms with E-state index < -0.39 is 5.60 Å². The van der Waals surface area contributed by atoms with E-state index in [1.807, 2.05) is 59.1 Å². The lowest BCUT2D eigenvalue weighted by molar-refractivity contribution is 0.0224. The van der Waals surface area contributed by atoms with Crippen molar-refractivity contribution in [1.82, 2.24) is 14.7 Å². The summed E-state index contributed by atoms with van der Waals surface area (Å²) in [5.41, 5.74) is 0.360. The van der Waals surface area contributed by atoms with Crippen LogP contribution in [0.15, 0.2) is 24.4 Å². The number of hydrogen-bond donors (Lipinski definition) is 0. The topological polar surface area (TPSA) is 56.6 Å². The Morgan fingerprint density at radius 3 is 2.79 bits per heavy atom. The van der Waals surface area contributed by atoms with E-state index in [1.54, 1.807) is 9.58 Å². The fourth-order valence-corrected chi connectivity index (χ4v) is 3.06. The summed E-state index contributed by atoms with van der Waals surface area (Å²) in [4.78, 5) is 14.1. The standard InChI is InChI=1S/C18H25N3O3/c1-12-9-14(11-21(12)17(22)24-18(2,3)4)23-15-8-6-7-13-10-20(5)19-16(13)15/h6-8,10,12,14H,9,11H2,1-5H3/t12-,14+/m0/s1. The second-order valence-corrected chi connectivity index (χ2v) is 7.45. The van der Waals surface area contributed by atoms with E-state index in [0.29, 0.717) is 6.54 Å². The number of benzene rings is 1. The van der Waals surface area contributed by atoms with Gasteiger partial charge in [0.05, 0.1) is 6.54 Å². The van der Waals surface area contributed by atoms with Gasteiger partial charge in [0.2, 0.25) is 0 Å². The molecular formula is C18H25N3O3. The minimum atomic E-state index is -0.491. The van der Waals surface area contributed by atoms with Crippen LogP contribution in [-0.4, -0.2) is 45.1 Å². The average molecular weight is 331 g/mol. The smallest absolute Gasteiger partial charge is 0.410 e. The molecule has 1 fully saturated rings. The Balaban J connectivity index is 1.72. The van der Waals surface area contributed by atoms with Crippen LogP contribution < -0.4 is 4.74 Å². The summed E-state index contributed by atoms with van der Waals surface area (Å²) in [7, 11) is 1.89. The van der Waals surface area contributed by atoms with E-state index >= 15 is 0 Å². The zero-order chi connectivity index (χ0) is 17.5. The molecule has 2 aromatic rings. The maximum absolute atomic E-state index is 12.3. The highest BCUT2D eigenvalue weighted by Crippen LogP contribution is 2.29. The Morgan fingerprint density at radius 2 is 2.08 bits per heavy atom. The highest BCUT2D eigenvalue weighted by atomic mass is 16.6. The summed E-state index contributed by atoms with van der Waals surface area (Å²) in [6.45, 7) is 8.18. The Bertz CT molecular complexity index is 748. The molecule has 24 heavy (non-hydrogen) atoms. The predicted molar refractivity (Wildman–Crippen MR) is 92.1 cm³/mol. The first-order valence-electron chi connectivity index (χ1n) is 8.31. The third-order valence-electron chi connectivity index (χ3n) is 4.07. The van der Waals surface area contributed by atoms with Crippen LogP contribution in [0.2, 0.25) is 0 Å². The molecule has 0 N–H and O–H groups in total. The minimum Gasteiger partial charge on any atom is -0.486 e. The van der Waals surface area contributed by atoms with Gasteiger partial charge in [0.1, 0.15) is 23.0 Å². The van der Waals surface area contributed by atoms with Crippen molar-refractivity contribution >= 4 is 17.0 Å². The third kappa shape index (κ3) is 3.47. The van der Waals surface area contributed by atoms with Gasteiger partial charge in [-0.25, -0.2) is 4.79 Å². The highest BCUT2D eigenvalue weighted by molar-refractivity contribution is 5.84. The van der Waals surface area contributed by atoms with E-state index in [-0.39, 0.29) is 18.2 Å². The molecule has 2 atom stereocenters. The fraction of sp³-hybridized carbons (Fsp3) is 0.556. The van der Waals surface area contributed by atoms with Crippen LogP contribution in [-0.2, 0) is 11.8 Å². The van der Waals surface area contributed by atoms with E-state index in [2.05, 4.69) is 5.10 Å². The lowest BCUT2D eigenvalue weighted by Crippen LogP contribution is -2.39. The Labute approximate surface area is 142 Å². The number of carbonyl (C=O) groups is 1. The molecule has 1 aromatic heterocycles. The molecule has 1 saturated heterocycles. The van der Waals surface area contributed by atoms with Gasteiger partial charge in [0, 0.05) is 31.1 Å². The molecule has 1 aromatic carbocycles. The fourth-order valence-electron chi connectivity index (χ4n) is 3.06. The van der Waals surface area contributed by atoms with Crippen molar-refractivity contribution in [1.29, 1.82) is 0 Å². The van der Waals surface area contributed by atoms with Crippen LogP contribution in [0, 0.1) is 0 Å². The minimum absolute atomic E-state index is 0.0554. The third-order valence-corrected chi connectivity index (χ3v) is 4.07. The quantitative estimate of drug-likeness (QED) is 0.847. The maximum atomic E-state index is 12.3. The van der Waals surface area contributed by atoms with Gasteiger partial charge in [0.15, 0.2) is 0 Å². The zero-order valence-electron chi connectivity index (χ0n) is 14.9. The number of aromatic nitrogens is 2. The van der Waals surface area contributed by atoms with Crippen LogP contribution in [0.3, 0.4) is 0 Å². The van der Waals surface area contributed by atoms with Crippen molar-refractivity contribution in [3.63, 3.8) is 0 Å². The number of amides is 1. The average Bonchev–Trinajstić information content (AvgIpc) is 3.00. The second-order valence-electron chi connectivity index (χ2n) is 7.45. The number of hydrogen-bond acceptors (Lipinski definition) is 4. The van der Waals surface area contributed by atoms with Gasteiger partial charge in [0.25, 0.3) is 0 Å². The van der Waals surface area contributed by atoms with Gasteiger partial charge in [-0.15, -0.1) is 0 Å². The maximum Gasteiger partial charge on any atom is 0.410 e. The summed E-state index contributed by atoms with van der Waals surface area (Å²) in [5.74, 6) is 0.760. The van der Waals surface area contributed by atoms with Crippen molar-refractivity contribution in [2.75, 3.05) is 6.54 Å². The van der Waals surface area contributed by atoms with Crippen molar-refractivity contribution < 1.29 is 14.3 Å². The summed E-state index contributed by atoms with van der Waals surface area (Å²) < 4.78 is 13.4. The molecule has 6 heteroatoms. The van der Waals surface area contributed by atoms with Crippen molar-refractivity contribution in [2.45, 2.75) is 51.9 Å². The number of ether oxygens (including phenoxy) is 2. The molecule has 130 valence electrons. The molecule has 1 aliphatic heterocycles. The van der Waals surface area contributed by atoms with Crippen LogP contribution >= 0.6 is 0 Å². The van der Waals surface area contributed by atoms with Gasteiger partial charge in [-0.05, 0) is 33.8 Å². The summed E-state index contributed by atoms with van der Waals surface area (Å²) >= 11 is 0. The van der Waals surface area contributed by atoms with Crippen LogP contribution in [0.1, 0.15) is 34.1 Å². The lowest BCUT2D eigenvalue weighted by Gasteiger charge is -2.26. The Morgan fingerprint density at radius 1 is 1.33 bits per heavy atom. The van der Waals surface area contributed by atoms with Gasteiger partial charge in [-0.1, -0.05) is 12.1 Å². The van der Waals surface area contributed by atoms with Crippen LogP contribution in [0.5, 0.6) is 5.75 Å². The molecular weight excluding hydrogens is 306 g/mol. The van der Waals surface area contributed by atoms with Crippen molar-refractivity contribution in [3.05, 3.63) is 24.4 Å². The number of fused-ring (bicyclic) bond motifs is 1. The second kappa shape index (κ2) is 6.00. The SMILES string of the molecule is C[C@H]1C[C@@H](Oc2cccc3cn(C)nc23)CN1C(=O)OC(C)(C)C. The molecule has 6 nitrogen and oxygen atoms in total. The van der Waals surface area contributed by atoms with E-state index in [0.717, 1.165) is 23.1 Å². The van der Waals surface area contributed by atoms with E-state index in [4.69, 9.17) is 9.47 Å². The number of rotatable bonds is 2. The molecule has 0 unspecified atom stereocenters. The normalized spacial score (nSPS) is 21.3. The van der Waals surface area contributed by atoms with Gasteiger partial charge in [-0.3, -0.25) is 4.68 Å². The summed E-state index contributed by atoms with van der Waals surface area (Å²) in [5, 5.41) is 5.51. The van der Waals surface area contributed by atoms with Gasteiger partial charge in [-0.2, -0.15) is 5.10 Å². The summed E-state index contributed by atoms with van der Waals surface area (Å²) in [6.07, 6.45) is 2.41. The molecule has 0 spiro atoms.